The van der Waals surface area contributed by atoms with E-state index < -0.39 is 5.97 Å². The van der Waals surface area contributed by atoms with Crippen molar-refractivity contribution in [2.45, 2.75) is 45.6 Å². The van der Waals surface area contributed by atoms with Gasteiger partial charge < -0.3 is 10.4 Å². The van der Waals surface area contributed by atoms with Crippen molar-refractivity contribution < 1.29 is 9.90 Å². The number of carboxylic acids is 1. The van der Waals surface area contributed by atoms with Gasteiger partial charge in [-0.25, -0.2) is 0 Å². The van der Waals surface area contributed by atoms with E-state index in [1.54, 1.807) is 0 Å². The number of hydrogen-bond donors (Lipinski definition) is 2. The molecule has 0 amide bonds. The fourth-order valence-electron chi connectivity index (χ4n) is 3.12. The summed E-state index contributed by atoms with van der Waals surface area (Å²) < 4.78 is 0. The summed E-state index contributed by atoms with van der Waals surface area (Å²) in [6, 6.07) is 7.87. The third-order valence-corrected chi connectivity index (χ3v) is 4.19. The lowest BCUT2D eigenvalue weighted by Crippen LogP contribution is -2.26. The van der Waals surface area contributed by atoms with Crippen LogP contribution in [0.3, 0.4) is 0 Å². The Balaban J connectivity index is 1.72. The molecule has 110 valence electrons. The van der Waals surface area contributed by atoms with Gasteiger partial charge in [0.25, 0.3) is 0 Å². The Kier molecular flexibility index (Phi) is 5.60. The lowest BCUT2D eigenvalue weighted by molar-refractivity contribution is -0.136. The third kappa shape index (κ3) is 4.97. The van der Waals surface area contributed by atoms with Crippen LogP contribution in [0.2, 0.25) is 0 Å². The van der Waals surface area contributed by atoms with Crippen molar-refractivity contribution in [2.24, 2.45) is 11.8 Å². The van der Waals surface area contributed by atoms with E-state index in [2.05, 4.69) is 12.2 Å². The lowest BCUT2D eigenvalue weighted by Gasteiger charge is -2.26. The molecule has 0 aliphatic heterocycles. The van der Waals surface area contributed by atoms with E-state index in [4.69, 9.17) is 5.11 Å². The Labute approximate surface area is 121 Å². The number of aliphatic carboxylic acids is 1. The SMILES string of the molecule is CC1CCCC(CNCc2ccc(CC(=O)O)cc2)C1. The van der Waals surface area contributed by atoms with Crippen LogP contribution in [0.25, 0.3) is 0 Å². The quantitative estimate of drug-likeness (QED) is 0.838. The zero-order chi connectivity index (χ0) is 14.4. The van der Waals surface area contributed by atoms with Crippen LogP contribution >= 0.6 is 0 Å². The smallest absolute Gasteiger partial charge is 0.307 e. The number of hydrogen-bond acceptors (Lipinski definition) is 2. The molecule has 0 bridgehead atoms. The van der Waals surface area contributed by atoms with E-state index in [-0.39, 0.29) is 6.42 Å². The summed E-state index contributed by atoms with van der Waals surface area (Å²) in [6.45, 7) is 4.33. The van der Waals surface area contributed by atoms with Crippen molar-refractivity contribution in [3.05, 3.63) is 35.4 Å². The van der Waals surface area contributed by atoms with Gasteiger partial charge in [-0.15, -0.1) is 0 Å². The molecule has 1 aliphatic carbocycles. The van der Waals surface area contributed by atoms with E-state index in [0.717, 1.165) is 30.5 Å². The molecule has 0 spiro atoms. The molecule has 0 heterocycles. The molecule has 1 aromatic rings. The zero-order valence-electron chi connectivity index (χ0n) is 12.3. The second kappa shape index (κ2) is 7.44. The van der Waals surface area contributed by atoms with Gasteiger partial charge in [-0.3, -0.25) is 4.79 Å². The summed E-state index contributed by atoms with van der Waals surface area (Å²) in [4.78, 5) is 10.6. The Morgan fingerprint density at radius 3 is 2.60 bits per heavy atom. The van der Waals surface area contributed by atoms with E-state index >= 15 is 0 Å². The summed E-state index contributed by atoms with van der Waals surface area (Å²) >= 11 is 0. The van der Waals surface area contributed by atoms with E-state index in [9.17, 15) is 4.79 Å². The predicted octanol–water partition coefficient (Wildman–Crippen LogP) is 3.23. The molecule has 1 saturated carbocycles. The van der Waals surface area contributed by atoms with Crippen molar-refractivity contribution in [2.75, 3.05) is 6.54 Å². The van der Waals surface area contributed by atoms with Crippen molar-refractivity contribution in [1.29, 1.82) is 0 Å². The minimum Gasteiger partial charge on any atom is -0.481 e. The normalized spacial score (nSPS) is 22.6. The molecule has 2 rings (SSSR count). The summed E-state index contributed by atoms with van der Waals surface area (Å²) in [5.74, 6) is 0.929. The molecule has 2 N–H and O–H groups in total. The molecular weight excluding hydrogens is 250 g/mol. The second-order valence-corrected chi connectivity index (χ2v) is 6.16. The lowest BCUT2D eigenvalue weighted by atomic mass is 9.82. The number of carboxylic acid groups (broad SMARTS) is 1. The first-order valence-corrected chi connectivity index (χ1v) is 7.64. The number of rotatable bonds is 6. The van der Waals surface area contributed by atoms with Gasteiger partial charge in [-0.2, -0.15) is 0 Å². The van der Waals surface area contributed by atoms with Gasteiger partial charge >= 0.3 is 5.97 Å². The van der Waals surface area contributed by atoms with Gasteiger partial charge in [0.1, 0.15) is 0 Å². The van der Waals surface area contributed by atoms with Crippen molar-refractivity contribution >= 4 is 5.97 Å². The highest BCUT2D eigenvalue weighted by atomic mass is 16.4. The minimum absolute atomic E-state index is 0.105. The van der Waals surface area contributed by atoms with Gasteiger partial charge in [0, 0.05) is 6.54 Å². The van der Waals surface area contributed by atoms with Crippen LogP contribution < -0.4 is 5.32 Å². The highest BCUT2D eigenvalue weighted by molar-refractivity contribution is 5.70. The zero-order valence-corrected chi connectivity index (χ0v) is 12.3. The van der Waals surface area contributed by atoms with Crippen LogP contribution in [0.1, 0.15) is 43.7 Å². The second-order valence-electron chi connectivity index (χ2n) is 6.16. The molecule has 20 heavy (non-hydrogen) atoms. The summed E-state index contributed by atoms with van der Waals surface area (Å²) in [6.07, 6.45) is 5.58. The first-order chi connectivity index (χ1) is 9.63. The van der Waals surface area contributed by atoms with Gasteiger partial charge in [-0.1, -0.05) is 44.0 Å². The largest absolute Gasteiger partial charge is 0.481 e. The molecule has 1 fully saturated rings. The summed E-state index contributed by atoms with van der Waals surface area (Å²) in [5, 5.41) is 12.3. The van der Waals surface area contributed by atoms with Crippen molar-refractivity contribution in [1.82, 2.24) is 5.32 Å². The van der Waals surface area contributed by atoms with Crippen molar-refractivity contribution in [3.63, 3.8) is 0 Å². The van der Waals surface area contributed by atoms with E-state index in [0.29, 0.717) is 0 Å². The van der Waals surface area contributed by atoms with E-state index in [1.807, 2.05) is 24.3 Å². The highest BCUT2D eigenvalue weighted by Gasteiger charge is 2.18. The third-order valence-electron chi connectivity index (χ3n) is 4.19. The average Bonchev–Trinajstić information content (AvgIpc) is 2.40. The fourth-order valence-corrected chi connectivity index (χ4v) is 3.12. The maximum absolute atomic E-state index is 10.6. The van der Waals surface area contributed by atoms with Crippen LogP contribution in [-0.2, 0) is 17.8 Å². The van der Waals surface area contributed by atoms with Crippen molar-refractivity contribution in [3.8, 4) is 0 Å². The van der Waals surface area contributed by atoms with Crippen LogP contribution in [0.5, 0.6) is 0 Å². The van der Waals surface area contributed by atoms with E-state index in [1.165, 1.54) is 31.2 Å². The minimum atomic E-state index is -0.776. The molecule has 1 aromatic carbocycles. The van der Waals surface area contributed by atoms with Gasteiger partial charge in [0.15, 0.2) is 0 Å². The molecule has 2 unspecified atom stereocenters. The molecule has 0 aromatic heterocycles. The molecule has 3 heteroatoms. The van der Waals surface area contributed by atoms with Gasteiger partial charge in [0.05, 0.1) is 6.42 Å². The first-order valence-electron chi connectivity index (χ1n) is 7.64. The van der Waals surface area contributed by atoms with Gasteiger partial charge in [0.2, 0.25) is 0 Å². The molecule has 0 radical (unpaired) electrons. The van der Waals surface area contributed by atoms with Crippen LogP contribution in [-0.4, -0.2) is 17.6 Å². The standard InChI is InChI=1S/C17H25NO2/c1-13-3-2-4-16(9-13)12-18-11-15-7-5-14(6-8-15)10-17(19)20/h5-8,13,16,18H,2-4,9-12H2,1H3,(H,19,20). The summed E-state index contributed by atoms with van der Waals surface area (Å²) in [7, 11) is 0. The topological polar surface area (TPSA) is 49.3 Å². The molecule has 3 nitrogen and oxygen atoms in total. The maximum Gasteiger partial charge on any atom is 0.307 e. The van der Waals surface area contributed by atoms with Crippen LogP contribution in [0, 0.1) is 11.8 Å². The summed E-state index contributed by atoms with van der Waals surface area (Å²) in [5.41, 5.74) is 2.09. The number of benzene rings is 1. The Hall–Kier alpha value is -1.35. The van der Waals surface area contributed by atoms with Crippen LogP contribution in [0.15, 0.2) is 24.3 Å². The highest BCUT2D eigenvalue weighted by Crippen LogP contribution is 2.27. The molecule has 1 aliphatic rings. The number of nitrogens with one attached hydrogen (secondary N) is 1. The Morgan fingerprint density at radius 2 is 1.95 bits per heavy atom. The monoisotopic (exact) mass is 275 g/mol. The Morgan fingerprint density at radius 1 is 1.25 bits per heavy atom. The van der Waals surface area contributed by atoms with Crippen LogP contribution in [0.4, 0.5) is 0 Å². The molecule has 2 atom stereocenters. The fraction of sp³-hybridized carbons (Fsp3) is 0.588. The van der Waals surface area contributed by atoms with Gasteiger partial charge in [-0.05, 0) is 42.3 Å². The molecule has 0 saturated heterocycles. The average molecular weight is 275 g/mol. The first kappa shape index (κ1) is 15.0. The number of carbonyl (C=O) groups is 1. The predicted molar refractivity (Wildman–Crippen MR) is 80.6 cm³/mol. The Bertz CT molecular complexity index is 427. The maximum atomic E-state index is 10.6. The molecular formula is C17H25NO2.